The van der Waals surface area contributed by atoms with Gasteiger partial charge in [-0.15, -0.1) is 0 Å². The summed E-state index contributed by atoms with van der Waals surface area (Å²) >= 11 is 12.3. The van der Waals surface area contributed by atoms with Crippen LogP contribution in [0.25, 0.3) is 0 Å². The largest absolute Gasteiger partial charge is 0.249 e. The lowest BCUT2D eigenvalue weighted by molar-refractivity contribution is 0.545. The summed E-state index contributed by atoms with van der Waals surface area (Å²) in [5.74, 6) is 0. The van der Waals surface area contributed by atoms with Crippen LogP contribution in [0.15, 0.2) is 30.3 Å². The van der Waals surface area contributed by atoms with Gasteiger partial charge in [0.05, 0.1) is 12.2 Å². The van der Waals surface area contributed by atoms with E-state index in [-0.39, 0.29) is 5.41 Å². The van der Waals surface area contributed by atoms with Crippen molar-refractivity contribution in [2.45, 2.75) is 32.7 Å². The van der Waals surface area contributed by atoms with Crippen molar-refractivity contribution >= 4 is 23.2 Å². The monoisotopic (exact) mass is 282 g/mol. The maximum atomic E-state index is 6.21. The fourth-order valence-corrected chi connectivity index (χ4v) is 2.06. The minimum Gasteiger partial charge on any atom is -0.249 e. The van der Waals surface area contributed by atoms with E-state index >= 15 is 0 Å². The molecule has 0 radical (unpaired) electrons. The fraction of sp³-hybridized carbons (Fsp3) is 0.357. The summed E-state index contributed by atoms with van der Waals surface area (Å²) < 4.78 is 1.78. The van der Waals surface area contributed by atoms with Gasteiger partial charge >= 0.3 is 0 Å². The maximum Gasteiger partial charge on any atom is 0.127 e. The molecule has 1 heterocycles. The van der Waals surface area contributed by atoms with E-state index in [4.69, 9.17) is 23.2 Å². The summed E-state index contributed by atoms with van der Waals surface area (Å²) in [5.41, 5.74) is 2.00. The van der Waals surface area contributed by atoms with Crippen LogP contribution in [0.3, 0.4) is 0 Å². The molecule has 18 heavy (non-hydrogen) atoms. The number of hydrogen-bond donors (Lipinski definition) is 0. The summed E-state index contributed by atoms with van der Waals surface area (Å²) in [7, 11) is 0. The molecule has 0 amide bonds. The molecule has 0 N–H and O–H groups in total. The SMILES string of the molecule is CC(C)(C)c1cc(Cl)n(Cc2ccccc2Cl)n1. The van der Waals surface area contributed by atoms with Crippen molar-refractivity contribution in [3.05, 3.63) is 51.8 Å². The fourth-order valence-electron chi connectivity index (χ4n) is 1.66. The van der Waals surface area contributed by atoms with Gasteiger partial charge in [0, 0.05) is 10.4 Å². The molecule has 0 aliphatic carbocycles. The maximum absolute atomic E-state index is 6.21. The number of benzene rings is 1. The minimum atomic E-state index is -0.00459. The van der Waals surface area contributed by atoms with Crippen LogP contribution in [-0.2, 0) is 12.0 Å². The summed E-state index contributed by atoms with van der Waals surface area (Å²) in [6.45, 7) is 6.94. The molecule has 0 bridgehead atoms. The summed E-state index contributed by atoms with van der Waals surface area (Å²) in [6, 6.07) is 9.65. The van der Waals surface area contributed by atoms with Gasteiger partial charge in [0.1, 0.15) is 5.15 Å². The Morgan fingerprint density at radius 3 is 2.39 bits per heavy atom. The first-order valence-corrected chi connectivity index (χ1v) is 6.61. The van der Waals surface area contributed by atoms with Crippen molar-refractivity contribution in [2.75, 3.05) is 0 Å². The second-order valence-electron chi connectivity index (χ2n) is 5.35. The number of nitrogens with zero attached hydrogens (tertiary/aromatic N) is 2. The minimum absolute atomic E-state index is 0.00459. The van der Waals surface area contributed by atoms with E-state index < -0.39 is 0 Å². The second kappa shape index (κ2) is 4.94. The van der Waals surface area contributed by atoms with Gasteiger partial charge in [0.25, 0.3) is 0 Å². The Labute approximate surface area is 118 Å². The van der Waals surface area contributed by atoms with E-state index in [2.05, 4.69) is 25.9 Å². The van der Waals surface area contributed by atoms with Gasteiger partial charge in [-0.25, -0.2) is 4.68 Å². The molecule has 0 saturated carbocycles. The Bertz CT molecular complexity index is 553. The summed E-state index contributed by atoms with van der Waals surface area (Å²) in [4.78, 5) is 0. The molecule has 1 aromatic heterocycles. The predicted octanol–water partition coefficient (Wildman–Crippen LogP) is 4.54. The molecule has 2 aromatic rings. The van der Waals surface area contributed by atoms with Crippen molar-refractivity contribution in [2.24, 2.45) is 0 Å². The first-order valence-electron chi connectivity index (χ1n) is 5.85. The molecule has 0 aliphatic rings. The van der Waals surface area contributed by atoms with Gasteiger partial charge in [-0.3, -0.25) is 0 Å². The molecular formula is C14H16Cl2N2. The third-order valence-electron chi connectivity index (χ3n) is 2.78. The molecule has 0 spiro atoms. The highest BCUT2D eigenvalue weighted by Gasteiger charge is 2.19. The van der Waals surface area contributed by atoms with Crippen molar-refractivity contribution in [3.8, 4) is 0 Å². The van der Waals surface area contributed by atoms with Crippen LogP contribution in [0.1, 0.15) is 32.0 Å². The Balaban J connectivity index is 2.31. The second-order valence-corrected chi connectivity index (χ2v) is 6.15. The Hall–Kier alpha value is -0.990. The quantitative estimate of drug-likeness (QED) is 0.791. The van der Waals surface area contributed by atoms with E-state index in [1.807, 2.05) is 30.3 Å². The van der Waals surface area contributed by atoms with Crippen LogP contribution in [0.5, 0.6) is 0 Å². The van der Waals surface area contributed by atoms with Crippen LogP contribution < -0.4 is 0 Å². The first-order chi connectivity index (χ1) is 8.38. The number of halogens is 2. The summed E-state index contributed by atoms with van der Waals surface area (Å²) in [5, 5.41) is 5.92. The van der Waals surface area contributed by atoms with Gasteiger partial charge in [-0.1, -0.05) is 62.2 Å². The van der Waals surface area contributed by atoms with Crippen LogP contribution >= 0.6 is 23.2 Å². The Kier molecular flexibility index (Phi) is 3.69. The van der Waals surface area contributed by atoms with Gasteiger partial charge in [0.2, 0.25) is 0 Å². The average molecular weight is 283 g/mol. The normalized spacial score (nSPS) is 11.8. The predicted molar refractivity (Wildman–Crippen MR) is 76.5 cm³/mol. The van der Waals surface area contributed by atoms with Gasteiger partial charge in [0.15, 0.2) is 0 Å². The molecule has 0 aliphatic heterocycles. The van der Waals surface area contributed by atoms with Crippen molar-refractivity contribution in [3.63, 3.8) is 0 Å². The van der Waals surface area contributed by atoms with Crippen molar-refractivity contribution < 1.29 is 0 Å². The molecule has 2 nitrogen and oxygen atoms in total. The highest BCUT2D eigenvalue weighted by molar-refractivity contribution is 6.31. The molecule has 0 fully saturated rings. The lowest BCUT2D eigenvalue weighted by atomic mass is 9.93. The van der Waals surface area contributed by atoms with Crippen LogP contribution in [-0.4, -0.2) is 9.78 Å². The molecule has 0 unspecified atom stereocenters. The third-order valence-corrected chi connectivity index (χ3v) is 3.45. The molecular weight excluding hydrogens is 267 g/mol. The van der Waals surface area contributed by atoms with Crippen LogP contribution in [0.2, 0.25) is 10.2 Å². The lowest BCUT2D eigenvalue weighted by Crippen LogP contribution is -2.13. The Morgan fingerprint density at radius 1 is 1.17 bits per heavy atom. The molecule has 2 rings (SSSR count). The topological polar surface area (TPSA) is 17.8 Å². The zero-order valence-electron chi connectivity index (χ0n) is 10.7. The zero-order valence-corrected chi connectivity index (χ0v) is 12.3. The molecule has 96 valence electrons. The van der Waals surface area contributed by atoms with E-state index in [9.17, 15) is 0 Å². The van der Waals surface area contributed by atoms with Crippen LogP contribution in [0.4, 0.5) is 0 Å². The average Bonchev–Trinajstić information content (AvgIpc) is 2.63. The number of rotatable bonds is 2. The first kappa shape index (κ1) is 13.4. The van der Waals surface area contributed by atoms with Gasteiger partial charge in [-0.05, 0) is 17.7 Å². The van der Waals surface area contributed by atoms with E-state index in [0.717, 1.165) is 16.3 Å². The third kappa shape index (κ3) is 2.88. The lowest BCUT2D eigenvalue weighted by Gasteiger charge is -2.14. The van der Waals surface area contributed by atoms with Crippen LogP contribution in [0, 0.1) is 0 Å². The van der Waals surface area contributed by atoms with E-state index in [0.29, 0.717) is 11.7 Å². The number of hydrogen-bond acceptors (Lipinski definition) is 1. The smallest absolute Gasteiger partial charge is 0.127 e. The zero-order chi connectivity index (χ0) is 13.3. The molecule has 0 atom stereocenters. The van der Waals surface area contributed by atoms with Gasteiger partial charge in [-0.2, -0.15) is 5.10 Å². The van der Waals surface area contributed by atoms with Crippen molar-refractivity contribution in [1.29, 1.82) is 0 Å². The standard InChI is InChI=1S/C14H16Cl2N2/c1-14(2,3)12-8-13(16)18(17-12)9-10-6-4-5-7-11(10)15/h4-8H,9H2,1-3H3. The highest BCUT2D eigenvalue weighted by Crippen LogP contribution is 2.25. The van der Waals surface area contributed by atoms with E-state index in [1.165, 1.54) is 0 Å². The van der Waals surface area contributed by atoms with E-state index in [1.54, 1.807) is 4.68 Å². The molecule has 4 heteroatoms. The summed E-state index contributed by atoms with van der Waals surface area (Å²) in [6.07, 6.45) is 0. The molecule has 1 aromatic carbocycles. The van der Waals surface area contributed by atoms with Crippen molar-refractivity contribution in [1.82, 2.24) is 9.78 Å². The Morgan fingerprint density at radius 2 is 1.83 bits per heavy atom. The van der Waals surface area contributed by atoms with Gasteiger partial charge < -0.3 is 0 Å². The highest BCUT2D eigenvalue weighted by atomic mass is 35.5. The number of aromatic nitrogens is 2. The molecule has 0 saturated heterocycles.